The molecule has 0 amide bonds. The molecule has 0 spiro atoms. The van der Waals surface area contributed by atoms with E-state index < -0.39 is 0 Å². The quantitative estimate of drug-likeness (QED) is 0.558. The standard InChI is InChI=1S/C12H18OS/c1-2-12(13-9-6-10-14)11-7-4-3-5-8-11/h3-5,7-8,12,14H,2,6,9-10H2,1H3. The van der Waals surface area contributed by atoms with Gasteiger partial charge in [0.25, 0.3) is 0 Å². The van der Waals surface area contributed by atoms with Crippen molar-refractivity contribution in [3.05, 3.63) is 35.9 Å². The lowest BCUT2D eigenvalue weighted by molar-refractivity contribution is 0.0510. The largest absolute Gasteiger partial charge is 0.374 e. The molecule has 0 fully saturated rings. The van der Waals surface area contributed by atoms with E-state index in [1.807, 2.05) is 6.07 Å². The number of thiol groups is 1. The Morgan fingerprint density at radius 2 is 2.00 bits per heavy atom. The first-order chi connectivity index (χ1) is 6.88. The molecule has 0 aliphatic carbocycles. The molecule has 0 saturated heterocycles. The number of benzene rings is 1. The van der Waals surface area contributed by atoms with Crippen LogP contribution in [-0.4, -0.2) is 12.4 Å². The predicted octanol–water partition coefficient (Wildman–Crippen LogP) is 3.47. The monoisotopic (exact) mass is 210 g/mol. The highest BCUT2D eigenvalue weighted by Crippen LogP contribution is 2.20. The molecule has 0 radical (unpaired) electrons. The number of hydrogen-bond donors (Lipinski definition) is 1. The number of rotatable bonds is 6. The van der Waals surface area contributed by atoms with Crippen molar-refractivity contribution in [2.45, 2.75) is 25.9 Å². The van der Waals surface area contributed by atoms with Crippen molar-refractivity contribution < 1.29 is 4.74 Å². The van der Waals surface area contributed by atoms with Gasteiger partial charge < -0.3 is 4.74 Å². The highest BCUT2D eigenvalue weighted by atomic mass is 32.1. The molecular formula is C12H18OS. The second-order valence-electron chi connectivity index (χ2n) is 3.26. The third-order valence-electron chi connectivity index (χ3n) is 2.16. The van der Waals surface area contributed by atoms with Gasteiger partial charge in [-0.3, -0.25) is 0 Å². The summed E-state index contributed by atoms with van der Waals surface area (Å²) in [6.07, 6.45) is 2.29. The molecule has 1 atom stereocenters. The van der Waals surface area contributed by atoms with Crippen molar-refractivity contribution in [2.24, 2.45) is 0 Å². The maximum Gasteiger partial charge on any atom is 0.0822 e. The first-order valence-corrected chi connectivity index (χ1v) is 5.79. The van der Waals surface area contributed by atoms with Crippen LogP contribution in [0.1, 0.15) is 31.4 Å². The van der Waals surface area contributed by atoms with Crippen LogP contribution in [0.15, 0.2) is 30.3 Å². The summed E-state index contributed by atoms with van der Waals surface area (Å²) in [6, 6.07) is 10.4. The molecule has 0 aromatic heterocycles. The van der Waals surface area contributed by atoms with E-state index in [-0.39, 0.29) is 6.10 Å². The SMILES string of the molecule is CCC(OCCCS)c1ccccc1. The van der Waals surface area contributed by atoms with Gasteiger partial charge in [-0.2, -0.15) is 12.6 Å². The first-order valence-electron chi connectivity index (χ1n) is 5.16. The fraction of sp³-hybridized carbons (Fsp3) is 0.500. The summed E-state index contributed by atoms with van der Waals surface area (Å²) in [4.78, 5) is 0. The topological polar surface area (TPSA) is 9.23 Å². The molecular weight excluding hydrogens is 192 g/mol. The van der Waals surface area contributed by atoms with E-state index in [0.29, 0.717) is 0 Å². The Labute approximate surface area is 91.9 Å². The van der Waals surface area contributed by atoms with Gasteiger partial charge in [0.05, 0.1) is 6.10 Å². The van der Waals surface area contributed by atoms with Crippen LogP contribution < -0.4 is 0 Å². The molecule has 1 aromatic carbocycles. The molecule has 0 saturated carbocycles. The summed E-state index contributed by atoms with van der Waals surface area (Å²) < 4.78 is 5.77. The van der Waals surface area contributed by atoms with E-state index in [1.165, 1.54) is 5.56 Å². The fourth-order valence-corrected chi connectivity index (χ4v) is 1.54. The third-order valence-corrected chi connectivity index (χ3v) is 2.48. The first kappa shape index (κ1) is 11.6. The Bertz CT molecular complexity index is 235. The average molecular weight is 210 g/mol. The minimum Gasteiger partial charge on any atom is -0.374 e. The highest BCUT2D eigenvalue weighted by molar-refractivity contribution is 7.80. The smallest absolute Gasteiger partial charge is 0.0822 e. The zero-order valence-corrected chi connectivity index (χ0v) is 9.54. The van der Waals surface area contributed by atoms with Crippen molar-refractivity contribution in [1.29, 1.82) is 0 Å². The van der Waals surface area contributed by atoms with E-state index in [2.05, 4.69) is 43.8 Å². The van der Waals surface area contributed by atoms with Gasteiger partial charge in [-0.15, -0.1) is 0 Å². The summed E-state index contributed by atoms with van der Waals surface area (Å²) >= 11 is 4.16. The van der Waals surface area contributed by atoms with Crippen molar-refractivity contribution >= 4 is 12.6 Å². The van der Waals surface area contributed by atoms with Crippen molar-refractivity contribution in [2.75, 3.05) is 12.4 Å². The van der Waals surface area contributed by atoms with E-state index >= 15 is 0 Å². The van der Waals surface area contributed by atoms with Crippen molar-refractivity contribution in [3.63, 3.8) is 0 Å². The Kier molecular flexibility index (Phi) is 5.72. The van der Waals surface area contributed by atoms with Crippen LogP contribution in [0, 0.1) is 0 Å². The van der Waals surface area contributed by atoms with Gasteiger partial charge in [0.15, 0.2) is 0 Å². The summed E-state index contributed by atoms with van der Waals surface area (Å²) in [5.41, 5.74) is 1.27. The van der Waals surface area contributed by atoms with Gasteiger partial charge in [-0.1, -0.05) is 37.3 Å². The second-order valence-corrected chi connectivity index (χ2v) is 3.70. The average Bonchev–Trinajstić information content (AvgIpc) is 2.26. The summed E-state index contributed by atoms with van der Waals surface area (Å²) in [7, 11) is 0. The van der Waals surface area contributed by atoms with Gasteiger partial charge in [0.1, 0.15) is 0 Å². The van der Waals surface area contributed by atoms with Crippen LogP contribution >= 0.6 is 12.6 Å². The van der Waals surface area contributed by atoms with Crippen LogP contribution in [0.5, 0.6) is 0 Å². The van der Waals surface area contributed by atoms with Crippen LogP contribution in [0.3, 0.4) is 0 Å². The minimum absolute atomic E-state index is 0.246. The van der Waals surface area contributed by atoms with E-state index in [0.717, 1.165) is 25.2 Å². The minimum atomic E-state index is 0.246. The number of ether oxygens (including phenoxy) is 1. The van der Waals surface area contributed by atoms with Crippen molar-refractivity contribution in [3.8, 4) is 0 Å². The lowest BCUT2D eigenvalue weighted by Gasteiger charge is -2.16. The Balaban J connectivity index is 2.46. The highest BCUT2D eigenvalue weighted by Gasteiger charge is 2.07. The molecule has 0 heterocycles. The third kappa shape index (κ3) is 3.72. The Hall–Kier alpha value is -0.470. The summed E-state index contributed by atoms with van der Waals surface area (Å²) in [6.45, 7) is 2.95. The van der Waals surface area contributed by atoms with Gasteiger partial charge in [-0.05, 0) is 24.2 Å². The number of hydrogen-bond acceptors (Lipinski definition) is 2. The molecule has 0 bridgehead atoms. The molecule has 1 rings (SSSR count). The molecule has 2 heteroatoms. The molecule has 1 nitrogen and oxygen atoms in total. The lowest BCUT2D eigenvalue weighted by atomic mass is 10.1. The summed E-state index contributed by atoms with van der Waals surface area (Å²) in [5.74, 6) is 0.894. The molecule has 1 unspecified atom stereocenters. The van der Waals surface area contributed by atoms with E-state index in [1.54, 1.807) is 0 Å². The maximum absolute atomic E-state index is 5.77. The van der Waals surface area contributed by atoms with Crippen LogP contribution in [-0.2, 0) is 4.74 Å². The van der Waals surface area contributed by atoms with Crippen LogP contribution in [0.25, 0.3) is 0 Å². The fourth-order valence-electron chi connectivity index (χ4n) is 1.41. The summed E-state index contributed by atoms with van der Waals surface area (Å²) in [5, 5.41) is 0. The van der Waals surface area contributed by atoms with Crippen molar-refractivity contribution in [1.82, 2.24) is 0 Å². The molecule has 78 valence electrons. The zero-order chi connectivity index (χ0) is 10.2. The Morgan fingerprint density at radius 3 is 2.57 bits per heavy atom. The van der Waals surface area contributed by atoms with Crippen LogP contribution in [0.4, 0.5) is 0 Å². The van der Waals surface area contributed by atoms with Gasteiger partial charge >= 0.3 is 0 Å². The van der Waals surface area contributed by atoms with Gasteiger partial charge in [-0.25, -0.2) is 0 Å². The maximum atomic E-state index is 5.77. The molecule has 14 heavy (non-hydrogen) atoms. The predicted molar refractivity (Wildman–Crippen MR) is 63.9 cm³/mol. The molecule has 1 aromatic rings. The molecule has 0 aliphatic rings. The van der Waals surface area contributed by atoms with Crippen LogP contribution in [0.2, 0.25) is 0 Å². The molecule has 0 aliphatic heterocycles. The second kappa shape index (κ2) is 6.91. The van der Waals surface area contributed by atoms with E-state index in [9.17, 15) is 0 Å². The normalized spacial score (nSPS) is 12.7. The van der Waals surface area contributed by atoms with E-state index in [4.69, 9.17) is 4.74 Å². The lowest BCUT2D eigenvalue weighted by Crippen LogP contribution is -2.04. The van der Waals surface area contributed by atoms with Gasteiger partial charge in [0.2, 0.25) is 0 Å². The zero-order valence-electron chi connectivity index (χ0n) is 8.65. The molecule has 0 N–H and O–H groups in total. The van der Waals surface area contributed by atoms with Gasteiger partial charge in [0, 0.05) is 6.61 Å². The Morgan fingerprint density at radius 1 is 1.29 bits per heavy atom.